The molecule has 1 aromatic heterocycles. The summed E-state index contributed by atoms with van der Waals surface area (Å²) < 4.78 is 20.1. The SMILES string of the molecule is COc1ccc(F)cc1C(NC(=O)c1cc(C)cc(-c2ccc(N3CCC(NC(=O)O)CC3)cc2)c1)c1cc2ccccc2[nH]1. The predicted molar refractivity (Wildman–Crippen MR) is 174 cm³/mol. The quantitative estimate of drug-likeness (QED) is 0.152. The summed E-state index contributed by atoms with van der Waals surface area (Å²) in [5, 5.41) is 15.7. The summed E-state index contributed by atoms with van der Waals surface area (Å²) in [6, 6.07) is 27.3. The Morgan fingerprint density at radius 1 is 0.956 bits per heavy atom. The zero-order valence-corrected chi connectivity index (χ0v) is 25.1. The summed E-state index contributed by atoms with van der Waals surface area (Å²) in [5.74, 6) is -0.263. The second-order valence-corrected chi connectivity index (χ2v) is 11.5. The van der Waals surface area contributed by atoms with Gasteiger partial charge in [0.25, 0.3) is 5.91 Å². The van der Waals surface area contributed by atoms with Crippen LogP contribution in [0.2, 0.25) is 0 Å². The lowest BCUT2D eigenvalue weighted by molar-refractivity contribution is 0.0941. The van der Waals surface area contributed by atoms with Crippen LogP contribution < -0.4 is 20.3 Å². The highest BCUT2D eigenvalue weighted by Gasteiger charge is 2.25. The molecule has 0 bridgehead atoms. The standard InChI is InChI=1S/C36H35FN4O4/c1-22-17-25(23-7-10-29(11-8-23)41-15-13-28(14-16-41)38-36(43)44)19-26(18-22)35(42)40-34(30-21-27(37)9-12-33(30)45-2)32-20-24-5-3-4-6-31(24)39-32/h3-12,17-21,28,34,38-39H,13-16H2,1-2H3,(H,40,42)(H,43,44). The summed E-state index contributed by atoms with van der Waals surface area (Å²) in [4.78, 5) is 30.5. The topological polar surface area (TPSA) is 107 Å². The molecule has 2 heterocycles. The fourth-order valence-corrected chi connectivity index (χ4v) is 6.12. The van der Waals surface area contributed by atoms with Crippen LogP contribution in [0.5, 0.6) is 5.75 Å². The number of anilines is 1. The largest absolute Gasteiger partial charge is 0.496 e. The number of carboxylic acid groups (broad SMARTS) is 1. The number of fused-ring (bicyclic) bond motifs is 1. The number of aromatic nitrogens is 1. The second kappa shape index (κ2) is 12.7. The highest BCUT2D eigenvalue weighted by Crippen LogP contribution is 2.33. The maximum absolute atomic E-state index is 14.5. The number of hydrogen-bond donors (Lipinski definition) is 4. The summed E-state index contributed by atoms with van der Waals surface area (Å²) in [7, 11) is 1.53. The van der Waals surface area contributed by atoms with Gasteiger partial charge in [-0.05, 0) is 96.4 Å². The number of carbonyl (C=O) groups excluding carboxylic acids is 1. The third-order valence-corrected chi connectivity index (χ3v) is 8.37. The van der Waals surface area contributed by atoms with Crippen LogP contribution in [0.3, 0.4) is 0 Å². The maximum Gasteiger partial charge on any atom is 0.404 e. The molecular weight excluding hydrogens is 571 g/mol. The van der Waals surface area contributed by atoms with E-state index in [4.69, 9.17) is 9.84 Å². The van der Waals surface area contributed by atoms with Gasteiger partial charge in [0, 0.05) is 47.2 Å². The van der Waals surface area contributed by atoms with Crippen molar-refractivity contribution in [3.63, 3.8) is 0 Å². The molecule has 1 atom stereocenters. The van der Waals surface area contributed by atoms with Gasteiger partial charge in [0.15, 0.2) is 0 Å². The fourth-order valence-electron chi connectivity index (χ4n) is 6.12. The van der Waals surface area contributed by atoms with E-state index in [0.29, 0.717) is 22.6 Å². The van der Waals surface area contributed by atoms with Crippen LogP contribution in [-0.2, 0) is 0 Å². The third kappa shape index (κ3) is 6.62. The van der Waals surface area contributed by atoms with Gasteiger partial charge in [-0.15, -0.1) is 0 Å². The first-order chi connectivity index (χ1) is 21.8. The number of hydrogen-bond acceptors (Lipinski definition) is 4. The van der Waals surface area contributed by atoms with E-state index in [1.807, 2.05) is 67.6 Å². The molecule has 0 spiro atoms. The predicted octanol–water partition coefficient (Wildman–Crippen LogP) is 7.05. The molecule has 0 aliphatic carbocycles. The molecular formula is C36H35FN4O4. The number of benzene rings is 4. The molecule has 0 radical (unpaired) electrons. The molecule has 0 saturated carbocycles. The first-order valence-corrected chi connectivity index (χ1v) is 15.0. The van der Waals surface area contributed by atoms with Gasteiger partial charge < -0.3 is 30.4 Å². The maximum atomic E-state index is 14.5. The molecule has 5 aromatic rings. The minimum absolute atomic E-state index is 0.0208. The Morgan fingerprint density at radius 2 is 1.71 bits per heavy atom. The van der Waals surface area contributed by atoms with Crippen molar-refractivity contribution in [2.45, 2.75) is 31.8 Å². The molecule has 6 rings (SSSR count). The smallest absolute Gasteiger partial charge is 0.404 e. The number of amides is 2. The number of nitrogens with one attached hydrogen (secondary N) is 3. The van der Waals surface area contributed by atoms with Gasteiger partial charge >= 0.3 is 6.09 Å². The molecule has 45 heavy (non-hydrogen) atoms. The van der Waals surface area contributed by atoms with Crippen molar-refractivity contribution >= 4 is 28.6 Å². The number of nitrogens with zero attached hydrogens (tertiary/aromatic N) is 1. The number of methoxy groups -OCH3 is 1. The van der Waals surface area contributed by atoms with Crippen molar-refractivity contribution in [3.05, 3.63) is 119 Å². The Balaban J connectivity index is 1.26. The summed E-state index contributed by atoms with van der Waals surface area (Å²) in [6.07, 6.45) is 0.530. The molecule has 4 aromatic carbocycles. The average molecular weight is 607 g/mol. The van der Waals surface area contributed by atoms with Crippen LogP contribution in [0.4, 0.5) is 14.9 Å². The van der Waals surface area contributed by atoms with E-state index in [0.717, 1.165) is 59.2 Å². The Labute approximate surface area is 260 Å². The minimum atomic E-state index is -0.980. The molecule has 9 heteroatoms. The zero-order chi connectivity index (χ0) is 31.5. The molecule has 8 nitrogen and oxygen atoms in total. The van der Waals surface area contributed by atoms with Crippen molar-refractivity contribution in [1.29, 1.82) is 0 Å². The van der Waals surface area contributed by atoms with Gasteiger partial charge in [-0.25, -0.2) is 9.18 Å². The van der Waals surface area contributed by atoms with Crippen LogP contribution in [0.25, 0.3) is 22.0 Å². The first kappa shape index (κ1) is 29.7. The molecule has 1 fully saturated rings. The third-order valence-electron chi connectivity index (χ3n) is 8.37. The Morgan fingerprint density at radius 3 is 2.42 bits per heavy atom. The highest BCUT2D eigenvalue weighted by molar-refractivity contribution is 5.96. The summed E-state index contributed by atoms with van der Waals surface area (Å²) in [5.41, 5.74) is 6.48. The number of rotatable bonds is 8. The van der Waals surface area contributed by atoms with E-state index in [-0.39, 0.29) is 11.9 Å². The molecule has 4 N–H and O–H groups in total. The summed E-state index contributed by atoms with van der Waals surface area (Å²) in [6.45, 7) is 3.49. The van der Waals surface area contributed by atoms with Crippen molar-refractivity contribution in [3.8, 4) is 16.9 Å². The van der Waals surface area contributed by atoms with Crippen molar-refractivity contribution in [2.24, 2.45) is 0 Å². The number of ether oxygens (including phenoxy) is 1. The van der Waals surface area contributed by atoms with Crippen LogP contribution in [0.1, 0.15) is 46.1 Å². The fraction of sp³-hybridized carbons (Fsp3) is 0.222. The second-order valence-electron chi connectivity index (χ2n) is 11.5. The van der Waals surface area contributed by atoms with Gasteiger partial charge in [-0.2, -0.15) is 0 Å². The number of halogens is 1. The van der Waals surface area contributed by atoms with E-state index in [2.05, 4.69) is 32.7 Å². The van der Waals surface area contributed by atoms with Gasteiger partial charge in [0.05, 0.1) is 13.2 Å². The molecule has 1 unspecified atom stereocenters. The van der Waals surface area contributed by atoms with Gasteiger partial charge in [-0.1, -0.05) is 36.4 Å². The van der Waals surface area contributed by atoms with Gasteiger partial charge in [0.2, 0.25) is 0 Å². The molecule has 1 saturated heterocycles. The van der Waals surface area contributed by atoms with E-state index >= 15 is 0 Å². The van der Waals surface area contributed by atoms with Crippen LogP contribution in [0.15, 0.2) is 91.0 Å². The number of aromatic amines is 1. The van der Waals surface area contributed by atoms with Crippen molar-refractivity contribution < 1.29 is 23.8 Å². The van der Waals surface area contributed by atoms with E-state index in [9.17, 15) is 14.0 Å². The first-order valence-electron chi connectivity index (χ1n) is 15.0. The number of piperidine rings is 1. The van der Waals surface area contributed by atoms with Crippen molar-refractivity contribution in [2.75, 3.05) is 25.1 Å². The molecule has 230 valence electrons. The molecule has 1 aliphatic heterocycles. The highest BCUT2D eigenvalue weighted by atomic mass is 19.1. The Kier molecular flexibility index (Phi) is 8.42. The average Bonchev–Trinajstić information content (AvgIpc) is 3.47. The number of carbonyl (C=O) groups is 2. The molecule has 1 aliphatic rings. The Hall–Kier alpha value is -5.31. The van der Waals surface area contributed by atoms with Crippen LogP contribution >= 0.6 is 0 Å². The van der Waals surface area contributed by atoms with Gasteiger partial charge in [0.1, 0.15) is 11.6 Å². The number of aryl methyl sites for hydroxylation is 1. The zero-order valence-electron chi connectivity index (χ0n) is 25.1. The lowest BCUT2D eigenvalue weighted by Crippen LogP contribution is -2.44. The normalized spacial score (nSPS) is 14.2. The van der Waals surface area contributed by atoms with Gasteiger partial charge in [-0.3, -0.25) is 4.79 Å². The van der Waals surface area contributed by atoms with E-state index in [1.54, 1.807) is 6.07 Å². The summed E-state index contributed by atoms with van der Waals surface area (Å²) >= 11 is 0. The number of para-hydroxylation sites is 1. The van der Waals surface area contributed by atoms with Crippen LogP contribution in [-0.4, -0.2) is 48.3 Å². The molecule has 2 amide bonds. The van der Waals surface area contributed by atoms with E-state index in [1.165, 1.54) is 19.2 Å². The lowest BCUT2D eigenvalue weighted by Gasteiger charge is -2.33. The lowest BCUT2D eigenvalue weighted by atomic mass is 9.98. The van der Waals surface area contributed by atoms with Crippen LogP contribution in [0, 0.1) is 12.7 Å². The monoisotopic (exact) mass is 606 g/mol. The number of H-pyrrole nitrogens is 1. The van der Waals surface area contributed by atoms with Crippen molar-refractivity contribution in [1.82, 2.24) is 15.6 Å². The minimum Gasteiger partial charge on any atom is -0.496 e. The van der Waals surface area contributed by atoms with E-state index < -0.39 is 18.0 Å². The Bertz CT molecular complexity index is 1810.